The van der Waals surface area contributed by atoms with Crippen LogP contribution in [0.1, 0.15) is 31.8 Å². The SMILES string of the molecule is COc1ccc(/C=N\NC(=O)c2ccc(NC(=O)c3ccccc3C)cc2)c(OC)c1. The van der Waals surface area contributed by atoms with Crippen LogP contribution in [-0.2, 0) is 0 Å². The second-order valence-electron chi connectivity index (χ2n) is 6.65. The van der Waals surface area contributed by atoms with Gasteiger partial charge in [-0.3, -0.25) is 9.59 Å². The van der Waals surface area contributed by atoms with E-state index >= 15 is 0 Å². The van der Waals surface area contributed by atoms with Crippen LogP contribution in [0.2, 0.25) is 0 Å². The van der Waals surface area contributed by atoms with E-state index in [4.69, 9.17) is 9.47 Å². The third-order valence-corrected chi connectivity index (χ3v) is 4.61. The Morgan fingerprint density at radius 3 is 2.32 bits per heavy atom. The van der Waals surface area contributed by atoms with Gasteiger partial charge in [0.1, 0.15) is 11.5 Å². The number of hydrogen-bond acceptors (Lipinski definition) is 5. The highest BCUT2D eigenvalue weighted by Gasteiger charge is 2.10. The number of hydrazone groups is 1. The van der Waals surface area contributed by atoms with E-state index in [0.29, 0.717) is 33.9 Å². The van der Waals surface area contributed by atoms with Crippen LogP contribution < -0.4 is 20.2 Å². The molecule has 0 saturated heterocycles. The molecule has 7 heteroatoms. The van der Waals surface area contributed by atoms with Crippen molar-refractivity contribution in [1.29, 1.82) is 0 Å². The summed E-state index contributed by atoms with van der Waals surface area (Å²) >= 11 is 0. The van der Waals surface area contributed by atoms with Crippen molar-refractivity contribution in [2.24, 2.45) is 5.10 Å². The lowest BCUT2D eigenvalue weighted by Crippen LogP contribution is -2.18. The lowest BCUT2D eigenvalue weighted by atomic mass is 10.1. The minimum absolute atomic E-state index is 0.201. The minimum Gasteiger partial charge on any atom is -0.497 e. The maximum Gasteiger partial charge on any atom is 0.271 e. The molecule has 3 aromatic carbocycles. The molecule has 0 atom stereocenters. The molecular formula is C24H23N3O4. The number of aryl methyl sites for hydroxylation is 1. The summed E-state index contributed by atoms with van der Waals surface area (Å²) in [6.07, 6.45) is 1.49. The number of methoxy groups -OCH3 is 2. The van der Waals surface area contributed by atoms with Crippen molar-refractivity contribution in [2.45, 2.75) is 6.92 Å². The number of carbonyl (C=O) groups is 2. The predicted molar refractivity (Wildman–Crippen MR) is 120 cm³/mol. The molecule has 31 heavy (non-hydrogen) atoms. The van der Waals surface area contributed by atoms with Crippen molar-refractivity contribution in [3.63, 3.8) is 0 Å². The van der Waals surface area contributed by atoms with Gasteiger partial charge in [-0.15, -0.1) is 0 Å². The lowest BCUT2D eigenvalue weighted by Gasteiger charge is -2.08. The van der Waals surface area contributed by atoms with E-state index in [9.17, 15) is 9.59 Å². The molecule has 0 aliphatic carbocycles. The topological polar surface area (TPSA) is 89.0 Å². The van der Waals surface area contributed by atoms with Crippen LogP contribution >= 0.6 is 0 Å². The first-order chi connectivity index (χ1) is 15.0. The van der Waals surface area contributed by atoms with Crippen molar-refractivity contribution < 1.29 is 19.1 Å². The van der Waals surface area contributed by atoms with E-state index in [2.05, 4.69) is 15.8 Å². The van der Waals surface area contributed by atoms with E-state index in [1.165, 1.54) is 6.21 Å². The number of anilines is 1. The highest BCUT2D eigenvalue weighted by molar-refractivity contribution is 6.05. The molecule has 7 nitrogen and oxygen atoms in total. The van der Waals surface area contributed by atoms with Crippen LogP contribution in [0.3, 0.4) is 0 Å². The number of ether oxygens (including phenoxy) is 2. The van der Waals surface area contributed by atoms with Crippen LogP contribution in [0.25, 0.3) is 0 Å². The van der Waals surface area contributed by atoms with Gasteiger partial charge in [0.05, 0.1) is 20.4 Å². The molecule has 3 aromatic rings. The summed E-state index contributed by atoms with van der Waals surface area (Å²) < 4.78 is 10.5. The molecule has 0 bridgehead atoms. The summed E-state index contributed by atoms with van der Waals surface area (Å²) in [4.78, 5) is 24.7. The van der Waals surface area contributed by atoms with Gasteiger partial charge in [-0.2, -0.15) is 5.10 Å². The molecule has 0 unspecified atom stereocenters. The average Bonchev–Trinajstić information content (AvgIpc) is 2.79. The molecule has 158 valence electrons. The Labute approximate surface area is 180 Å². The van der Waals surface area contributed by atoms with Crippen LogP contribution in [0.5, 0.6) is 11.5 Å². The van der Waals surface area contributed by atoms with Crippen LogP contribution in [0.15, 0.2) is 71.8 Å². The van der Waals surface area contributed by atoms with E-state index in [1.807, 2.05) is 25.1 Å². The van der Waals surface area contributed by atoms with Gasteiger partial charge in [0.25, 0.3) is 11.8 Å². The molecule has 3 rings (SSSR count). The molecule has 0 aliphatic heterocycles. The summed E-state index contributed by atoms with van der Waals surface area (Å²) in [6, 6.07) is 19.2. The average molecular weight is 417 g/mol. The highest BCUT2D eigenvalue weighted by atomic mass is 16.5. The molecule has 0 fully saturated rings. The Bertz CT molecular complexity index is 1110. The fourth-order valence-electron chi connectivity index (χ4n) is 2.88. The van der Waals surface area contributed by atoms with Crippen LogP contribution in [-0.4, -0.2) is 32.2 Å². The molecule has 0 aromatic heterocycles. The number of benzene rings is 3. The predicted octanol–water partition coefficient (Wildman–Crippen LogP) is 4.03. The quantitative estimate of drug-likeness (QED) is 0.449. The minimum atomic E-state index is -0.375. The van der Waals surface area contributed by atoms with Crippen molar-refractivity contribution >= 4 is 23.7 Å². The normalized spacial score (nSPS) is 10.5. The maximum absolute atomic E-state index is 12.4. The Morgan fingerprint density at radius 2 is 1.65 bits per heavy atom. The van der Waals surface area contributed by atoms with Gasteiger partial charge in [0.15, 0.2) is 0 Å². The first-order valence-corrected chi connectivity index (χ1v) is 9.54. The van der Waals surface area contributed by atoms with E-state index in [-0.39, 0.29) is 11.8 Å². The maximum atomic E-state index is 12.4. The zero-order chi connectivity index (χ0) is 22.2. The summed E-state index contributed by atoms with van der Waals surface area (Å²) in [5, 5.41) is 6.81. The smallest absolute Gasteiger partial charge is 0.271 e. The molecule has 0 saturated carbocycles. The molecule has 0 heterocycles. The van der Waals surface area contributed by atoms with E-state index in [1.54, 1.807) is 62.8 Å². The van der Waals surface area contributed by atoms with E-state index in [0.717, 1.165) is 5.56 Å². The third kappa shape index (κ3) is 5.48. The summed E-state index contributed by atoms with van der Waals surface area (Å²) in [7, 11) is 3.12. The second kappa shape index (κ2) is 10.1. The number of nitrogens with one attached hydrogen (secondary N) is 2. The molecular weight excluding hydrogens is 394 g/mol. The standard InChI is InChI=1S/C24H23N3O4/c1-16-6-4-5-7-21(16)24(29)26-19-11-8-17(9-12-19)23(28)27-25-15-18-10-13-20(30-2)14-22(18)31-3/h4-15H,1-3H3,(H,26,29)(H,27,28)/b25-15-. The lowest BCUT2D eigenvalue weighted by molar-refractivity contribution is 0.0954. The van der Waals surface area contributed by atoms with Crippen molar-refractivity contribution in [3.8, 4) is 11.5 Å². The van der Waals surface area contributed by atoms with Gasteiger partial charge in [-0.05, 0) is 55.0 Å². The van der Waals surface area contributed by atoms with Gasteiger partial charge in [0, 0.05) is 28.4 Å². The zero-order valence-corrected chi connectivity index (χ0v) is 17.5. The van der Waals surface area contributed by atoms with Gasteiger partial charge >= 0.3 is 0 Å². The zero-order valence-electron chi connectivity index (χ0n) is 17.5. The van der Waals surface area contributed by atoms with E-state index < -0.39 is 0 Å². The molecule has 0 aliphatic rings. The molecule has 2 amide bonds. The number of hydrogen-bond donors (Lipinski definition) is 2. The van der Waals surface area contributed by atoms with Crippen molar-refractivity contribution in [3.05, 3.63) is 89.0 Å². The molecule has 2 N–H and O–H groups in total. The largest absolute Gasteiger partial charge is 0.497 e. The summed E-state index contributed by atoms with van der Waals surface area (Å²) in [5.74, 6) is 0.660. The van der Waals surface area contributed by atoms with Crippen LogP contribution in [0.4, 0.5) is 5.69 Å². The van der Waals surface area contributed by atoms with Crippen LogP contribution in [0, 0.1) is 6.92 Å². The third-order valence-electron chi connectivity index (χ3n) is 4.61. The Hall–Kier alpha value is -4.13. The fraction of sp³-hybridized carbons (Fsp3) is 0.125. The number of carbonyl (C=O) groups excluding carboxylic acids is 2. The summed E-state index contributed by atoms with van der Waals surface area (Å²) in [6.45, 7) is 1.88. The highest BCUT2D eigenvalue weighted by Crippen LogP contribution is 2.23. The summed E-state index contributed by atoms with van der Waals surface area (Å²) in [5.41, 5.74) is 5.67. The first-order valence-electron chi connectivity index (χ1n) is 9.54. The number of amides is 2. The Kier molecular flexibility index (Phi) is 7.01. The Morgan fingerprint density at radius 1 is 0.903 bits per heavy atom. The Balaban J connectivity index is 1.61. The number of nitrogens with zero attached hydrogens (tertiary/aromatic N) is 1. The number of rotatable bonds is 7. The monoisotopic (exact) mass is 417 g/mol. The van der Waals surface area contributed by atoms with Gasteiger partial charge in [-0.25, -0.2) is 5.43 Å². The van der Waals surface area contributed by atoms with Gasteiger partial charge < -0.3 is 14.8 Å². The van der Waals surface area contributed by atoms with Crippen molar-refractivity contribution in [2.75, 3.05) is 19.5 Å². The molecule has 0 radical (unpaired) electrons. The second-order valence-corrected chi connectivity index (χ2v) is 6.65. The fourth-order valence-corrected chi connectivity index (χ4v) is 2.88. The first kappa shape index (κ1) is 21.6. The van der Waals surface area contributed by atoms with Gasteiger partial charge in [0.2, 0.25) is 0 Å². The van der Waals surface area contributed by atoms with Gasteiger partial charge in [-0.1, -0.05) is 18.2 Å². The van der Waals surface area contributed by atoms with Crippen molar-refractivity contribution in [1.82, 2.24) is 5.43 Å². The molecule has 0 spiro atoms.